The Morgan fingerprint density at radius 3 is 1.46 bits per heavy atom. The Bertz CT molecular complexity index is 1280. The Kier molecular flexibility index (Phi) is 6.49. The summed E-state index contributed by atoms with van der Waals surface area (Å²) in [5.74, 6) is 0.463. The molecule has 0 unspecified atom stereocenters. The number of ether oxygens (including phenoxy) is 1. The molecule has 0 aliphatic rings. The molecule has 0 heterocycles. The number of hydrogen-bond donors (Lipinski definition) is 0. The van der Waals surface area contributed by atoms with Crippen molar-refractivity contribution in [2.45, 2.75) is 5.60 Å². The van der Waals surface area contributed by atoms with Gasteiger partial charge in [0, 0.05) is 22.9 Å². The first-order chi connectivity index (χ1) is 17.2. The monoisotopic (exact) mass is 457 g/mol. The van der Waals surface area contributed by atoms with Crippen LogP contribution in [0.3, 0.4) is 0 Å². The molecule has 0 aliphatic carbocycles. The number of halogens is 1. The lowest BCUT2D eigenvalue weighted by Crippen LogP contribution is -2.36. The van der Waals surface area contributed by atoms with Crippen LogP contribution in [0.4, 0.5) is 10.1 Å². The Hall–Kier alpha value is -4.50. The van der Waals surface area contributed by atoms with Crippen LogP contribution in [0.5, 0.6) is 5.75 Å². The van der Waals surface area contributed by atoms with Crippen molar-refractivity contribution in [3.8, 4) is 5.75 Å². The molecule has 0 aliphatic heterocycles. The third kappa shape index (κ3) is 4.90. The predicted molar refractivity (Wildman–Crippen MR) is 140 cm³/mol. The highest BCUT2D eigenvalue weighted by Gasteiger charge is 2.38. The van der Waals surface area contributed by atoms with E-state index in [0.717, 1.165) is 28.0 Å². The molecular formula is C32H24FNO. The van der Waals surface area contributed by atoms with Crippen LogP contribution in [0.1, 0.15) is 22.3 Å². The molecule has 0 fully saturated rings. The molecular weight excluding hydrogens is 433 g/mol. The molecule has 5 aromatic rings. The van der Waals surface area contributed by atoms with Crippen molar-refractivity contribution in [2.24, 2.45) is 4.99 Å². The minimum Gasteiger partial charge on any atom is -0.473 e. The van der Waals surface area contributed by atoms with Crippen molar-refractivity contribution in [1.29, 1.82) is 0 Å². The van der Waals surface area contributed by atoms with Crippen LogP contribution in [0.2, 0.25) is 0 Å². The fourth-order valence-corrected chi connectivity index (χ4v) is 4.17. The van der Waals surface area contributed by atoms with Gasteiger partial charge in [0.25, 0.3) is 0 Å². The van der Waals surface area contributed by atoms with E-state index in [0.29, 0.717) is 5.69 Å². The summed E-state index contributed by atoms with van der Waals surface area (Å²) >= 11 is 0. The summed E-state index contributed by atoms with van der Waals surface area (Å²) in [5, 5.41) is 0. The van der Waals surface area contributed by atoms with Gasteiger partial charge >= 0.3 is 0 Å². The summed E-state index contributed by atoms with van der Waals surface area (Å²) in [7, 11) is 0. The van der Waals surface area contributed by atoms with E-state index in [1.54, 1.807) is 18.3 Å². The molecule has 170 valence electrons. The van der Waals surface area contributed by atoms with E-state index in [-0.39, 0.29) is 5.82 Å². The number of hydrogen-bond acceptors (Lipinski definition) is 2. The van der Waals surface area contributed by atoms with Crippen LogP contribution in [-0.2, 0) is 5.60 Å². The van der Waals surface area contributed by atoms with Crippen molar-refractivity contribution in [3.05, 3.63) is 168 Å². The highest BCUT2D eigenvalue weighted by Crippen LogP contribution is 2.41. The quantitative estimate of drug-likeness (QED) is 0.179. The maximum Gasteiger partial charge on any atom is 0.184 e. The van der Waals surface area contributed by atoms with Gasteiger partial charge in [-0.1, -0.05) is 91.0 Å². The standard InChI is InChI=1S/C32H24FNO/c33-29-18-20-30(21-19-29)34-24-25-16-22-31(23-17-25)35-32(26-10-4-1-5-11-26,27-12-6-2-7-13-27)28-14-8-3-9-15-28/h1-24H. The first-order valence-electron chi connectivity index (χ1n) is 11.5. The molecule has 0 saturated heterocycles. The fraction of sp³-hybridized carbons (Fsp3) is 0.0312. The van der Waals surface area contributed by atoms with Crippen molar-refractivity contribution in [3.63, 3.8) is 0 Å². The Balaban J connectivity index is 1.54. The van der Waals surface area contributed by atoms with Gasteiger partial charge in [-0.05, 0) is 54.1 Å². The molecule has 35 heavy (non-hydrogen) atoms. The SMILES string of the molecule is Fc1ccc(N=Cc2ccc(OC(c3ccccc3)(c3ccccc3)c3ccccc3)cc2)cc1. The van der Waals surface area contributed by atoms with Crippen molar-refractivity contribution < 1.29 is 9.13 Å². The minimum atomic E-state index is -0.826. The van der Waals surface area contributed by atoms with Gasteiger partial charge in [0.2, 0.25) is 0 Å². The van der Waals surface area contributed by atoms with Crippen LogP contribution < -0.4 is 4.74 Å². The molecule has 3 heteroatoms. The average Bonchev–Trinajstić information content (AvgIpc) is 2.93. The third-order valence-electron chi connectivity index (χ3n) is 5.88. The summed E-state index contributed by atoms with van der Waals surface area (Å²) in [6, 6.07) is 44.8. The first-order valence-corrected chi connectivity index (χ1v) is 11.5. The van der Waals surface area contributed by atoms with Gasteiger partial charge in [-0.2, -0.15) is 0 Å². The van der Waals surface area contributed by atoms with Crippen LogP contribution in [0.25, 0.3) is 0 Å². The smallest absolute Gasteiger partial charge is 0.184 e. The van der Waals surface area contributed by atoms with Gasteiger partial charge in [-0.25, -0.2) is 4.39 Å². The lowest BCUT2D eigenvalue weighted by Gasteiger charge is -2.36. The van der Waals surface area contributed by atoms with Gasteiger partial charge in [0.05, 0.1) is 5.69 Å². The zero-order valence-electron chi connectivity index (χ0n) is 19.1. The molecule has 0 atom stereocenters. The van der Waals surface area contributed by atoms with E-state index in [1.807, 2.05) is 78.9 Å². The molecule has 0 saturated carbocycles. The van der Waals surface area contributed by atoms with Gasteiger partial charge < -0.3 is 4.74 Å². The second kappa shape index (κ2) is 10.2. The number of benzene rings is 5. The molecule has 2 nitrogen and oxygen atoms in total. The maximum atomic E-state index is 13.1. The Morgan fingerprint density at radius 1 is 0.543 bits per heavy atom. The summed E-state index contributed by atoms with van der Waals surface area (Å²) < 4.78 is 20.0. The highest BCUT2D eigenvalue weighted by molar-refractivity contribution is 5.82. The second-order valence-electron chi connectivity index (χ2n) is 8.18. The van der Waals surface area contributed by atoms with Crippen LogP contribution >= 0.6 is 0 Å². The largest absolute Gasteiger partial charge is 0.473 e. The number of nitrogens with zero attached hydrogens (tertiary/aromatic N) is 1. The van der Waals surface area contributed by atoms with E-state index in [9.17, 15) is 4.39 Å². The van der Waals surface area contributed by atoms with Crippen LogP contribution in [0, 0.1) is 5.82 Å². The Morgan fingerprint density at radius 2 is 1.00 bits per heavy atom. The number of rotatable bonds is 7. The van der Waals surface area contributed by atoms with Gasteiger partial charge in [0.15, 0.2) is 5.60 Å². The molecule has 0 amide bonds. The average molecular weight is 458 g/mol. The number of aliphatic imine (C=N–C) groups is 1. The summed E-state index contributed by atoms with van der Waals surface area (Å²) in [5.41, 5.74) is 3.92. The summed E-state index contributed by atoms with van der Waals surface area (Å²) in [6.45, 7) is 0. The molecule has 0 aromatic heterocycles. The topological polar surface area (TPSA) is 21.6 Å². The fourth-order valence-electron chi connectivity index (χ4n) is 4.17. The van der Waals surface area contributed by atoms with E-state index in [2.05, 4.69) is 41.4 Å². The molecule has 0 radical (unpaired) electrons. The third-order valence-corrected chi connectivity index (χ3v) is 5.88. The molecule has 0 bridgehead atoms. The zero-order valence-corrected chi connectivity index (χ0v) is 19.1. The zero-order chi connectivity index (χ0) is 23.9. The van der Waals surface area contributed by atoms with E-state index in [4.69, 9.17) is 4.74 Å². The summed E-state index contributed by atoms with van der Waals surface area (Å²) in [6.07, 6.45) is 1.76. The van der Waals surface area contributed by atoms with Gasteiger partial charge in [-0.15, -0.1) is 0 Å². The minimum absolute atomic E-state index is 0.274. The lowest BCUT2D eigenvalue weighted by molar-refractivity contribution is 0.155. The molecule has 0 N–H and O–H groups in total. The predicted octanol–water partition coefficient (Wildman–Crippen LogP) is 7.95. The maximum absolute atomic E-state index is 13.1. The molecule has 0 spiro atoms. The van der Waals surface area contributed by atoms with Crippen molar-refractivity contribution in [1.82, 2.24) is 0 Å². The van der Waals surface area contributed by atoms with E-state index >= 15 is 0 Å². The molecule has 5 rings (SSSR count). The second-order valence-corrected chi connectivity index (χ2v) is 8.18. The molecule has 5 aromatic carbocycles. The van der Waals surface area contributed by atoms with E-state index in [1.165, 1.54) is 12.1 Å². The van der Waals surface area contributed by atoms with Crippen molar-refractivity contribution >= 4 is 11.9 Å². The van der Waals surface area contributed by atoms with Gasteiger partial charge in [-0.3, -0.25) is 4.99 Å². The Labute approximate surface area is 205 Å². The van der Waals surface area contributed by atoms with Crippen LogP contribution in [-0.4, -0.2) is 6.21 Å². The highest BCUT2D eigenvalue weighted by atomic mass is 19.1. The first kappa shape index (κ1) is 22.3. The van der Waals surface area contributed by atoms with E-state index < -0.39 is 5.60 Å². The van der Waals surface area contributed by atoms with Crippen molar-refractivity contribution in [2.75, 3.05) is 0 Å². The van der Waals surface area contributed by atoms with Crippen LogP contribution in [0.15, 0.2) is 145 Å². The summed E-state index contributed by atoms with van der Waals surface area (Å²) in [4.78, 5) is 4.43. The van der Waals surface area contributed by atoms with Gasteiger partial charge in [0.1, 0.15) is 11.6 Å². The lowest BCUT2D eigenvalue weighted by atomic mass is 9.80. The normalized spacial score (nSPS) is 11.5.